The van der Waals surface area contributed by atoms with Gasteiger partial charge in [0.05, 0.1) is 7.11 Å². The largest absolute Gasteiger partial charge is 0.496 e. The number of benzene rings is 1. The molecule has 0 spiro atoms. The van der Waals surface area contributed by atoms with Crippen molar-refractivity contribution in [1.29, 1.82) is 0 Å². The van der Waals surface area contributed by atoms with Crippen LogP contribution < -0.4 is 10.5 Å². The zero-order valence-corrected chi connectivity index (χ0v) is 10.8. The summed E-state index contributed by atoms with van der Waals surface area (Å²) in [6, 6.07) is 6.09. The highest BCUT2D eigenvalue weighted by Gasteiger charge is 2.32. The van der Waals surface area contributed by atoms with Gasteiger partial charge in [0.15, 0.2) is 0 Å². The van der Waals surface area contributed by atoms with Gasteiger partial charge in [-0.05, 0) is 25.0 Å². The number of ether oxygens (including phenoxy) is 1. The smallest absolute Gasteiger partial charge is 0.128 e. The summed E-state index contributed by atoms with van der Waals surface area (Å²) in [4.78, 5) is 3.33. The number of aromatic amines is 1. The Labute approximate surface area is 107 Å². The number of fused-ring (bicyclic) bond motifs is 1. The Hall–Kier alpha value is -1.48. The molecule has 2 aromatic rings. The van der Waals surface area contributed by atoms with E-state index >= 15 is 0 Å². The van der Waals surface area contributed by atoms with Crippen molar-refractivity contribution in [2.45, 2.75) is 37.6 Å². The minimum atomic E-state index is -0.189. The van der Waals surface area contributed by atoms with Crippen LogP contribution in [0.15, 0.2) is 24.4 Å². The monoisotopic (exact) mass is 244 g/mol. The predicted molar refractivity (Wildman–Crippen MR) is 73.8 cm³/mol. The number of nitrogens with one attached hydrogen (secondary N) is 1. The molecule has 1 aromatic carbocycles. The second kappa shape index (κ2) is 4.32. The number of hydrogen-bond acceptors (Lipinski definition) is 2. The summed E-state index contributed by atoms with van der Waals surface area (Å²) in [6.07, 6.45) is 7.95. The van der Waals surface area contributed by atoms with Crippen LogP contribution in [-0.4, -0.2) is 12.1 Å². The summed E-state index contributed by atoms with van der Waals surface area (Å²) >= 11 is 0. The summed E-state index contributed by atoms with van der Waals surface area (Å²) in [7, 11) is 1.72. The first-order chi connectivity index (χ1) is 8.74. The SMILES string of the molecule is COc1cccc2[nH]cc(C3(N)CCCCC3)c12. The summed E-state index contributed by atoms with van der Waals surface area (Å²) in [5, 5.41) is 1.16. The van der Waals surface area contributed by atoms with Gasteiger partial charge in [0.2, 0.25) is 0 Å². The number of hydrogen-bond donors (Lipinski definition) is 2. The number of rotatable bonds is 2. The summed E-state index contributed by atoms with van der Waals surface area (Å²) in [6.45, 7) is 0. The standard InChI is InChI=1S/C15H20N2O/c1-18-13-7-5-6-12-14(13)11(10-17-12)15(16)8-3-2-4-9-15/h5-7,10,17H,2-4,8-9,16H2,1H3. The lowest BCUT2D eigenvalue weighted by molar-refractivity contribution is 0.304. The minimum Gasteiger partial charge on any atom is -0.496 e. The minimum absolute atomic E-state index is 0.189. The average molecular weight is 244 g/mol. The van der Waals surface area contributed by atoms with Crippen LogP contribution in [0.25, 0.3) is 10.9 Å². The first-order valence-corrected chi connectivity index (χ1v) is 6.68. The van der Waals surface area contributed by atoms with E-state index in [0.717, 1.165) is 29.5 Å². The molecule has 3 rings (SSSR count). The molecule has 3 heteroatoms. The molecule has 1 heterocycles. The molecule has 1 aliphatic rings. The molecule has 0 bridgehead atoms. The van der Waals surface area contributed by atoms with Gasteiger partial charge in [-0.25, -0.2) is 0 Å². The maximum atomic E-state index is 6.64. The molecule has 1 aromatic heterocycles. The van der Waals surface area contributed by atoms with Gasteiger partial charge in [-0.1, -0.05) is 25.3 Å². The van der Waals surface area contributed by atoms with Crippen LogP contribution in [0.3, 0.4) is 0 Å². The lowest BCUT2D eigenvalue weighted by Crippen LogP contribution is -2.38. The van der Waals surface area contributed by atoms with Crippen LogP contribution in [-0.2, 0) is 5.54 Å². The second-order valence-corrected chi connectivity index (χ2v) is 5.30. The van der Waals surface area contributed by atoms with Crippen LogP contribution in [0.4, 0.5) is 0 Å². The highest BCUT2D eigenvalue weighted by atomic mass is 16.5. The van der Waals surface area contributed by atoms with E-state index in [9.17, 15) is 0 Å². The van der Waals surface area contributed by atoms with Gasteiger partial charge >= 0.3 is 0 Å². The van der Waals surface area contributed by atoms with E-state index in [1.54, 1.807) is 7.11 Å². The van der Waals surface area contributed by atoms with Crippen molar-refractivity contribution in [2.24, 2.45) is 5.73 Å². The molecule has 18 heavy (non-hydrogen) atoms. The van der Waals surface area contributed by atoms with Gasteiger partial charge in [0, 0.05) is 28.2 Å². The van der Waals surface area contributed by atoms with Crippen LogP contribution in [0.1, 0.15) is 37.7 Å². The zero-order valence-electron chi connectivity index (χ0n) is 10.8. The number of nitrogens with two attached hydrogens (primary N) is 1. The molecule has 0 unspecified atom stereocenters. The highest BCUT2D eigenvalue weighted by molar-refractivity contribution is 5.90. The molecule has 0 saturated heterocycles. The van der Waals surface area contributed by atoms with E-state index in [2.05, 4.69) is 17.2 Å². The molecule has 1 saturated carbocycles. The molecular weight excluding hydrogens is 224 g/mol. The van der Waals surface area contributed by atoms with Crippen molar-refractivity contribution >= 4 is 10.9 Å². The molecular formula is C15H20N2O. The molecule has 0 aliphatic heterocycles. The Morgan fingerprint density at radius 3 is 2.72 bits per heavy atom. The fraction of sp³-hybridized carbons (Fsp3) is 0.467. The third-order valence-electron chi connectivity index (χ3n) is 4.17. The molecule has 3 N–H and O–H groups in total. The fourth-order valence-electron chi connectivity index (χ4n) is 3.17. The Bertz CT molecular complexity index is 553. The quantitative estimate of drug-likeness (QED) is 0.851. The average Bonchev–Trinajstić information content (AvgIpc) is 2.84. The molecule has 1 aliphatic carbocycles. The van der Waals surface area contributed by atoms with Crippen molar-refractivity contribution in [3.05, 3.63) is 30.0 Å². The molecule has 3 nitrogen and oxygen atoms in total. The van der Waals surface area contributed by atoms with E-state index in [4.69, 9.17) is 10.5 Å². The normalized spacial score (nSPS) is 19.0. The van der Waals surface area contributed by atoms with Gasteiger partial charge in [-0.2, -0.15) is 0 Å². The Balaban J connectivity index is 2.16. The summed E-state index contributed by atoms with van der Waals surface area (Å²) < 4.78 is 5.49. The number of aromatic nitrogens is 1. The topological polar surface area (TPSA) is 51.0 Å². The van der Waals surface area contributed by atoms with Crippen LogP contribution in [0.2, 0.25) is 0 Å². The maximum absolute atomic E-state index is 6.64. The molecule has 1 fully saturated rings. The fourth-order valence-corrected chi connectivity index (χ4v) is 3.17. The lowest BCUT2D eigenvalue weighted by Gasteiger charge is -2.33. The van der Waals surface area contributed by atoms with E-state index in [1.165, 1.54) is 24.8 Å². The molecule has 0 atom stereocenters. The summed E-state index contributed by atoms with van der Waals surface area (Å²) in [5.41, 5.74) is 8.78. The Morgan fingerprint density at radius 1 is 1.22 bits per heavy atom. The first-order valence-electron chi connectivity index (χ1n) is 6.68. The molecule has 96 valence electrons. The number of H-pyrrole nitrogens is 1. The third-order valence-corrected chi connectivity index (χ3v) is 4.17. The second-order valence-electron chi connectivity index (χ2n) is 5.30. The van der Waals surface area contributed by atoms with Crippen LogP contribution in [0, 0.1) is 0 Å². The lowest BCUT2D eigenvalue weighted by atomic mass is 9.77. The van der Waals surface area contributed by atoms with Crippen molar-refractivity contribution < 1.29 is 4.74 Å². The zero-order chi connectivity index (χ0) is 12.6. The van der Waals surface area contributed by atoms with Gasteiger partial charge in [0.25, 0.3) is 0 Å². The highest BCUT2D eigenvalue weighted by Crippen LogP contribution is 2.41. The van der Waals surface area contributed by atoms with Gasteiger partial charge in [-0.15, -0.1) is 0 Å². The van der Waals surface area contributed by atoms with Crippen molar-refractivity contribution in [1.82, 2.24) is 4.98 Å². The molecule has 0 radical (unpaired) electrons. The van der Waals surface area contributed by atoms with Gasteiger partial charge in [0.1, 0.15) is 5.75 Å². The van der Waals surface area contributed by atoms with E-state index < -0.39 is 0 Å². The Morgan fingerprint density at radius 2 is 2.00 bits per heavy atom. The summed E-state index contributed by atoms with van der Waals surface area (Å²) in [5.74, 6) is 0.916. The third kappa shape index (κ3) is 1.70. The van der Waals surface area contributed by atoms with Crippen LogP contribution >= 0.6 is 0 Å². The maximum Gasteiger partial charge on any atom is 0.128 e. The van der Waals surface area contributed by atoms with Crippen molar-refractivity contribution in [2.75, 3.05) is 7.11 Å². The van der Waals surface area contributed by atoms with E-state index in [0.29, 0.717) is 0 Å². The predicted octanol–water partition coefficient (Wildman–Crippen LogP) is 3.29. The van der Waals surface area contributed by atoms with Gasteiger partial charge < -0.3 is 15.5 Å². The molecule has 0 amide bonds. The van der Waals surface area contributed by atoms with E-state index in [-0.39, 0.29) is 5.54 Å². The van der Waals surface area contributed by atoms with E-state index in [1.807, 2.05) is 12.1 Å². The van der Waals surface area contributed by atoms with Crippen molar-refractivity contribution in [3.8, 4) is 5.75 Å². The first kappa shape index (κ1) is 11.6. The van der Waals surface area contributed by atoms with Crippen molar-refractivity contribution in [3.63, 3.8) is 0 Å². The Kier molecular flexibility index (Phi) is 2.78. The van der Waals surface area contributed by atoms with Crippen LogP contribution in [0.5, 0.6) is 5.75 Å². The van der Waals surface area contributed by atoms with Gasteiger partial charge in [-0.3, -0.25) is 0 Å². The number of methoxy groups -OCH3 is 1.